The summed E-state index contributed by atoms with van der Waals surface area (Å²) >= 11 is 0. The SMILES string of the molecule is Cc1ccc(C)c(OCCn2cnc3c(oc4ccccc43)c2=O)c1. The Kier molecular flexibility index (Phi) is 3.76. The number of aromatic nitrogens is 2. The van der Waals surface area contributed by atoms with E-state index in [0.29, 0.717) is 24.3 Å². The summed E-state index contributed by atoms with van der Waals surface area (Å²) in [5, 5.41) is 0.855. The van der Waals surface area contributed by atoms with Gasteiger partial charge in [0, 0.05) is 5.39 Å². The molecule has 25 heavy (non-hydrogen) atoms. The van der Waals surface area contributed by atoms with Gasteiger partial charge < -0.3 is 9.15 Å². The van der Waals surface area contributed by atoms with Gasteiger partial charge in [-0.15, -0.1) is 0 Å². The molecule has 2 heterocycles. The molecule has 0 saturated carbocycles. The Morgan fingerprint density at radius 2 is 2.00 bits per heavy atom. The van der Waals surface area contributed by atoms with E-state index in [9.17, 15) is 4.79 Å². The van der Waals surface area contributed by atoms with Crippen molar-refractivity contribution in [3.63, 3.8) is 0 Å². The van der Waals surface area contributed by atoms with Gasteiger partial charge in [-0.05, 0) is 43.2 Å². The number of ether oxygens (including phenoxy) is 1. The molecule has 0 fully saturated rings. The van der Waals surface area contributed by atoms with Crippen molar-refractivity contribution in [2.45, 2.75) is 20.4 Å². The van der Waals surface area contributed by atoms with Gasteiger partial charge in [0.2, 0.25) is 5.58 Å². The zero-order valence-electron chi connectivity index (χ0n) is 14.2. The third-order valence-electron chi connectivity index (χ3n) is 4.28. The maximum atomic E-state index is 12.6. The highest BCUT2D eigenvalue weighted by atomic mass is 16.5. The van der Waals surface area contributed by atoms with Crippen LogP contribution < -0.4 is 10.3 Å². The first-order valence-corrected chi connectivity index (χ1v) is 8.20. The molecule has 4 rings (SSSR count). The number of nitrogens with zero attached hydrogens (tertiary/aromatic N) is 2. The first-order valence-electron chi connectivity index (χ1n) is 8.20. The van der Waals surface area contributed by atoms with E-state index in [1.54, 1.807) is 6.33 Å². The zero-order valence-corrected chi connectivity index (χ0v) is 14.2. The molecule has 5 heteroatoms. The fourth-order valence-electron chi connectivity index (χ4n) is 2.89. The van der Waals surface area contributed by atoms with Gasteiger partial charge >= 0.3 is 0 Å². The van der Waals surface area contributed by atoms with Crippen LogP contribution in [0.15, 0.2) is 58.0 Å². The second-order valence-electron chi connectivity index (χ2n) is 6.14. The highest BCUT2D eigenvalue weighted by molar-refractivity contribution is 6.01. The largest absolute Gasteiger partial charge is 0.491 e. The quantitative estimate of drug-likeness (QED) is 0.569. The van der Waals surface area contributed by atoms with Crippen LogP contribution in [-0.2, 0) is 6.54 Å². The van der Waals surface area contributed by atoms with E-state index in [0.717, 1.165) is 22.3 Å². The lowest BCUT2D eigenvalue weighted by Gasteiger charge is -2.10. The summed E-state index contributed by atoms with van der Waals surface area (Å²) in [6.45, 7) is 4.82. The predicted octanol–water partition coefficient (Wildman–Crippen LogP) is 3.84. The number of rotatable bonds is 4. The number of hydrogen-bond acceptors (Lipinski definition) is 4. The number of benzene rings is 2. The van der Waals surface area contributed by atoms with Gasteiger partial charge in [0.15, 0.2) is 0 Å². The Bertz CT molecular complexity index is 1120. The van der Waals surface area contributed by atoms with E-state index in [1.165, 1.54) is 4.57 Å². The number of fused-ring (bicyclic) bond motifs is 3. The first kappa shape index (κ1) is 15.4. The van der Waals surface area contributed by atoms with Gasteiger partial charge in [-0.1, -0.05) is 24.3 Å². The zero-order chi connectivity index (χ0) is 17.4. The molecule has 0 unspecified atom stereocenters. The molecule has 0 atom stereocenters. The molecular formula is C20H18N2O3. The lowest BCUT2D eigenvalue weighted by Crippen LogP contribution is -2.23. The van der Waals surface area contributed by atoms with Crippen molar-refractivity contribution in [2.24, 2.45) is 0 Å². The van der Waals surface area contributed by atoms with Crippen molar-refractivity contribution in [1.29, 1.82) is 0 Å². The number of para-hydroxylation sites is 1. The molecule has 0 saturated heterocycles. The lowest BCUT2D eigenvalue weighted by atomic mass is 10.1. The van der Waals surface area contributed by atoms with Crippen LogP contribution in [0.25, 0.3) is 22.1 Å². The van der Waals surface area contributed by atoms with Gasteiger partial charge in [-0.3, -0.25) is 9.36 Å². The van der Waals surface area contributed by atoms with Gasteiger partial charge in [0.05, 0.1) is 12.9 Å². The van der Waals surface area contributed by atoms with Gasteiger partial charge in [-0.2, -0.15) is 0 Å². The predicted molar refractivity (Wildman–Crippen MR) is 97.2 cm³/mol. The molecule has 0 bridgehead atoms. The van der Waals surface area contributed by atoms with Crippen LogP contribution in [0.5, 0.6) is 5.75 Å². The van der Waals surface area contributed by atoms with E-state index in [4.69, 9.17) is 9.15 Å². The van der Waals surface area contributed by atoms with Crippen molar-refractivity contribution < 1.29 is 9.15 Å². The Morgan fingerprint density at radius 1 is 1.16 bits per heavy atom. The second kappa shape index (κ2) is 6.09. The van der Waals surface area contributed by atoms with Crippen LogP contribution in [0.2, 0.25) is 0 Å². The van der Waals surface area contributed by atoms with Crippen molar-refractivity contribution >= 4 is 22.1 Å². The molecule has 126 valence electrons. The Hall–Kier alpha value is -3.08. The molecule has 2 aromatic carbocycles. The van der Waals surface area contributed by atoms with Gasteiger partial charge in [-0.25, -0.2) is 4.98 Å². The molecule has 0 radical (unpaired) electrons. The van der Waals surface area contributed by atoms with E-state index in [2.05, 4.69) is 4.98 Å². The maximum absolute atomic E-state index is 12.6. The average molecular weight is 334 g/mol. The normalized spacial score (nSPS) is 11.3. The second-order valence-corrected chi connectivity index (χ2v) is 6.14. The summed E-state index contributed by atoms with van der Waals surface area (Å²) in [4.78, 5) is 17.0. The average Bonchev–Trinajstić information content (AvgIpc) is 2.99. The summed E-state index contributed by atoms with van der Waals surface area (Å²) in [7, 11) is 0. The van der Waals surface area contributed by atoms with E-state index < -0.39 is 0 Å². The van der Waals surface area contributed by atoms with Crippen LogP contribution in [-0.4, -0.2) is 16.2 Å². The van der Waals surface area contributed by atoms with Crippen molar-refractivity contribution in [2.75, 3.05) is 6.61 Å². The minimum absolute atomic E-state index is 0.189. The Labute approximate surface area is 144 Å². The maximum Gasteiger partial charge on any atom is 0.297 e. The van der Waals surface area contributed by atoms with Gasteiger partial charge in [0.25, 0.3) is 5.56 Å². The van der Waals surface area contributed by atoms with Crippen LogP contribution in [0.3, 0.4) is 0 Å². The summed E-state index contributed by atoms with van der Waals surface area (Å²) in [6.07, 6.45) is 1.55. The molecule has 5 nitrogen and oxygen atoms in total. The third kappa shape index (κ3) is 2.78. The molecule has 0 spiro atoms. The van der Waals surface area contributed by atoms with Crippen molar-refractivity contribution in [1.82, 2.24) is 9.55 Å². The van der Waals surface area contributed by atoms with Crippen molar-refractivity contribution in [3.8, 4) is 5.75 Å². The molecular weight excluding hydrogens is 316 g/mol. The van der Waals surface area contributed by atoms with Crippen LogP contribution in [0, 0.1) is 13.8 Å². The third-order valence-corrected chi connectivity index (χ3v) is 4.28. The fraction of sp³-hybridized carbons (Fsp3) is 0.200. The number of hydrogen-bond donors (Lipinski definition) is 0. The molecule has 0 aliphatic carbocycles. The monoisotopic (exact) mass is 334 g/mol. The topological polar surface area (TPSA) is 57.3 Å². The molecule has 0 aliphatic rings. The van der Waals surface area contributed by atoms with Crippen LogP contribution in [0.4, 0.5) is 0 Å². The summed E-state index contributed by atoms with van der Waals surface area (Å²) in [5.74, 6) is 0.839. The Morgan fingerprint density at radius 3 is 2.88 bits per heavy atom. The molecule has 0 aliphatic heterocycles. The molecule has 4 aromatic rings. The minimum atomic E-state index is -0.189. The fourth-order valence-corrected chi connectivity index (χ4v) is 2.89. The first-order chi connectivity index (χ1) is 12.1. The molecule has 0 amide bonds. The summed E-state index contributed by atoms with van der Waals surface area (Å²) in [5.41, 5.74) is 3.59. The number of furan rings is 1. The molecule has 2 aromatic heterocycles. The van der Waals surface area contributed by atoms with Crippen LogP contribution in [0.1, 0.15) is 11.1 Å². The van der Waals surface area contributed by atoms with Crippen LogP contribution >= 0.6 is 0 Å². The highest BCUT2D eigenvalue weighted by Crippen LogP contribution is 2.24. The standard InChI is InChI=1S/C20H18N2O3/c1-13-7-8-14(2)17(11-13)24-10-9-22-12-21-18-15-5-3-4-6-16(15)25-19(18)20(22)23/h3-8,11-12H,9-10H2,1-2H3. The lowest BCUT2D eigenvalue weighted by molar-refractivity contribution is 0.293. The Balaban J connectivity index is 1.59. The smallest absolute Gasteiger partial charge is 0.297 e. The summed E-state index contributed by atoms with van der Waals surface area (Å²) in [6, 6.07) is 13.6. The van der Waals surface area contributed by atoms with Crippen molar-refractivity contribution in [3.05, 3.63) is 70.3 Å². The molecule has 0 N–H and O–H groups in total. The minimum Gasteiger partial charge on any atom is -0.491 e. The van der Waals surface area contributed by atoms with E-state index in [-0.39, 0.29) is 11.1 Å². The summed E-state index contributed by atoms with van der Waals surface area (Å²) < 4.78 is 13.0. The van der Waals surface area contributed by atoms with Gasteiger partial charge in [0.1, 0.15) is 23.5 Å². The highest BCUT2D eigenvalue weighted by Gasteiger charge is 2.12. The van der Waals surface area contributed by atoms with E-state index in [1.807, 2.05) is 56.3 Å². The van der Waals surface area contributed by atoms with E-state index >= 15 is 0 Å². The number of aryl methyl sites for hydroxylation is 2.